The summed E-state index contributed by atoms with van der Waals surface area (Å²) in [6.45, 7) is 1.94. The van der Waals surface area contributed by atoms with Crippen LogP contribution in [0.5, 0.6) is 0 Å². The van der Waals surface area contributed by atoms with Gasteiger partial charge in [-0.3, -0.25) is 15.4 Å². The van der Waals surface area contributed by atoms with Crippen molar-refractivity contribution in [2.24, 2.45) is 0 Å². The fraction of sp³-hybridized carbons (Fsp3) is 0.238. The maximum atomic E-state index is 14.1. The molecule has 6 nitrogen and oxygen atoms in total. The zero-order valence-corrected chi connectivity index (χ0v) is 15.4. The minimum atomic E-state index is -0.461. The SMILES string of the molecule is N=C(c1cc(-c2cncc(N3CCCCC3)n2)ncc1N)c1ccccc1F. The van der Waals surface area contributed by atoms with Crippen molar-refractivity contribution in [1.29, 1.82) is 5.41 Å². The Hall–Kier alpha value is -3.35. The minimum Gasteiger partial charge on any atom is -0.397 e. The molecule has 142 valence electrons. The van der Waals surface area contributed by atoms with Crippen molar-refractivity contribution in [2.45, 2.75) is 19.3 Å². The van der Waals surface area contributed by atoms with E-state index in [0.29, 0.717) is 22.6 Å². The molecule has 0 atom stereocenters. The number of benzene rings is 1. The highest BCUT2D eigenvalue weighted by Gasteiger charge is 2.17. The van der Waals surface area contributed by atoms with E-state index in [1.54, 1.807) is 36.7 Å². The lowest BCUT2D eigenvalue weighted by atomic mass is 10.0. The molecule has 2 aromatic heterocycles. The smallest absolute Gasteiger partial charge is 0.147 e. The van der Waals surface area contributed by atoms with Crippen molar-refractivity contribution in [3.63, 3.8) is 0 Å². The van der Waals surface area contributed by atoms with E-state index in [-0.39, 0.29) is 11.3 Å². The van der Waals surface area contributed by atoms with Crippen molar-refractivity contribution >= 4 is 17.2 Å². The van der Waals surface area contributed by atoms with Crippen molar-refractivity contribution in [2.75, 3.05) is 23.7 Å². The van der Waals surface area contributed by atoms with Gasteiger partial charge in [-0.15, -0.1) is 0 Å². The van der Waals surface area contributed by atoms with E-state index in [9.17, 15) is 4.39 Å². The maximum absolute atomic E-state index is 14.1. The Balaban J connectivity index is 1.69. The third kappa shape index (κ3) is 3.55. The molecule has 4 rings (SSSR count). The Morgan fingerprint density at radius 3 is 2.57 bits per heavy atom. The molecule has 1 saturated heterocycles. The predicted molar refractivity (Wildman–Crippen MR) is 108 cm³/mol. The standard InChI is InChI=1S/C21H21FN6/c22-16-7-3-2-6-14(16)21(24)15-10-18(26-11-17(15)23)19-12-25-13-20(27-19)28-8-4-1-5-9-28/h2-3,6-7,10-13,24H,1,4-5,8-9,23H2. The van der Waals surface area contributed by atoms with Gasteiger partial charge in [0.15, 0.2) is 0 Å². The quantitative estimate of drug-likeness (QED) is 0.678. The summed E-state index contributed by atoms with van der Waals surface area (Å²) in [6, 6.07) is 7.85. The van der Waals surface area contributed by atoms with E-state index in [1.165, 1.54) is 18.7 Å². The Morgan fingerprint density at radius 1 is 1.00 bits per heavy atom. The molecule has 3 heterocycles. The summed E-state index contributed by atoms with van der Waals surface area (Å²) in [4.78, 5) is 15.6. The number of hydrogen-bond donors (Lipinski definition) is 2. The molecule has 0 radical (unpaired) electrons. The summed E-state index contributed by atoms with van der Waals surface area (Å²) in [5.74, 6) is 0.360. The van der Waals surface area contributed by atoms with Crippen LogP contribution >= 0.6 is 0 Å². The topological polar surface area (TPSA) is 91.8 Å². The van der Waals surface area contributed by atoms with Crippen LogP contribution in [0, 0.1) is 11.2 Å². The summed E-state index contributed by atoms with van der Waals surface area (Å²) in [5.41, 5.74) is 8.13. The third-order valence-electron chi connectivity index (χ3n) is 4.91. The fourth-order valence-corrected chi connectivity index (χ4v) is 3.39. The van der Waals surface area contributed by atoms with Gasteiger partial charge in [-0.2, -0.15) is 0 Å². The number of nitrogens with two attached hydrogens (primary N) is 1. The summed E-state index contributed by atoms with van der Waals surface area (Å²) in [6.07, 6.45) is 8.42. The Bertz CT molecular complexity index is 1010. The van der Waals surface area contributed by atoms with Gasteiger partial charge in [0.05, 0.1) is 35.7 Å². The number of halogens is 1. The molecule has 0 bridgehead atoms. The van der Waals surface area contributed by atoms with Gasteiger partial charge in [-0.1, -0.05) is 12.1 Å². The van der Waals surface area contributed by atoms with E-state index in [0.717, 1.165) is 31.7 Å². The number of piperidine rings is 1. The molecule has 1 aliphatic heterocycles. The first-order valence-corrected chi connectivity index (χ1v) is 9.30. The summed E-state index contributed by atoms with van der Waals surface area (Å²) in [7, 11) is 0. The van der Waals surface area contributed by atoms with E-state index >= 15 is 0 Å². The third-order valence-corrected chi connectivity index (χ3v) is 4.91. The van der Waals surface area contributed by atoms with Crippen molar-refractivity contribution in [1.82, 2.24) is 15.0 Å². The lowest BCUT2D eigenvalue weighted by molar-refractivity contribution is 0.573. The average molecular weight is 376 g/mol. The van der Waals surface area contributed by atoms with Crippen molar-refractivity contribution < 1.29 is 4.39 Å². The van der Waals surface area contributed by atoms with Gasteiger partial charge in [0.1, 0.15) is 17.3 Å². The summed E-state index contributed by atoms with van der Waals surface area (Å²) >= 11 is 0. The fourth-order valence-electron chi connectivity index (χ4n) is 3.39. The van der Waals surface area contributed by atoms with E-state index < -0.39 is 5.82 Å². The van der Waals surface area contributed by atoms with E-state index in [1.807, 2.05) is 0 Å². The zero-order valence-electron chi connectivity index (χ0n) is 15.4. The highest BCUT2D eigenvalue weighted by Crippen LogP contribution is 2.25. The van der Waals surface area contributed by atoms with Crippen LogP contribution in [0.1, 0.15) is 30.4 Å². The summed E-state index contributed by atoms with van der Waals surface area (Å²) in [5, 5.41) is 8.42. The first kappa shape index (κ1) is 18.0. The number of nitrogens with one attached hydrogen (secondary N) is 1. The Labute approximate surface area is 162 Å². The molecule has 0 amide bonds. The number of pyridine rings is 1. The molecule has 0 spiro atoms. The van der Waals surface area contributed by atoms with Crippen LogP contribution in [0.25, 0.3) is 11.4 Å². The molecule has 7 heteroatoms. The number of aromatic nitrogens is 3. The minimum absolute atomic E-state index is 0.0133. The molecule has 0 aliphatic carbocycles. The molecular weight excluding hydrogens is 355 g/mol. The molecular formula is C21H21FN6. The maximum Gasteiger partial charge on any atom is 0.147 e. The lowest BCUT2D eigenvalue weighted by Gasteiger charge is -2.27. The van der Waals surface area contributed by atoms with Crippen LogP contribution in [-0.4, -0.2) is 33.8 Å². The molecule has 0 saturated carbocycles. The van der Waals surface area contributed by atoms with E-state index in [2.05, 4.69) is 14.9 Å². The van der Waals surface area contributed by atoms with E-state index in [4.69, 9.17) is 16.1 Å². The van der Waals surface area contributed by atoms with Crippen LogP contribution in [0.2, 0.25) is 0 Å². The highest BCUT2D eigenvalue weighted by atomic mass is 19.1. The second-order valence-electron chi connectivity index (χ2n) is 6.82. The van der Waals surface area contributed by atoms with Gasteiger partial charge < -0.3 is 10.6 Å². The zero-order chi connectivity index (χ0) is 19.5. The number of rotatable bonds is 4. The average Bonchev–Trinajstić information content (AvgIpc) is 2.75. The first-order chi connectivity index (χ1) is 13.6. The molecule has 3 aromatic rings. The predicted octanol–water partition coefficient (Wildman–Crippen LogP) is 3.67. The first-order valence-electron chi connectivity index (χ1n) is 9.30. The molecule has 1 fully saturated rings. The van der Waals surface area contributed by atoms with Gasteiger partial charge >= 0.3 is 0 Å². The van der Waals surface area contributed by atoms with Crippen LogP contribution in [-0.2, 0) is 0 Å². The largest absolute Gasteiger partial charge is 0.397 e. The van der Waals surface area contributed by atoms with Crippen LogP contribution in [0.15, 0.2) is 48.9 Å². The van der Waals surface area contributed by atoms with Gasteiger partial charge in [-0.05, 0) is 37.5 Å². The number of nitrogens with zero attached hydrogens (tertiary/aromatic N) is 4. The molecule has 0 unspecified atom stereocenters. The van der Waals surface area contributed by atoms with Crippen LogP contribution in [0.3, 0.4) is 0 Å². The monoisotopic (exact) mass is 376 g/mol. The van der Waals surface area contributed by atoms with Gasteiger partial charge in [0.25, 0.3) is 0 Å². The van der Waals surface area contributed by atoms with Crippen molar-refractivity contribution in [3.05, 3.63) is 65.9 Å². The van der Waals surface area contributed by atoms with Crippen LogP contribution in [0.4, 0.5) is 15.9 Å². The number of anilines is 2. The second kappa shape index (κ2) is 7.72. The Kier molecular flexibility index (Phi) is 4.97. The Morgan fingerprint density at radius 2 is 1.79 bits per heavy atom. The highest BCUT2D eigenvalue weighted by molar-refractivity contribution is 6.14. The lowest BCUT2D eigenvalue weighted by Crippen LogP contribution is -2.30. The normalized spacial score (nSPS) is 14.1. The molecule has 1 aromatic carbocycles. The molecule has 28 heavy (non-hydrogen) atoms. The van der Waals surface area contributed by atoms with Gasteiger partial charge in [-0.25, -0.2) is 9.37 Å². The van der Waals surface area contributed by atoms with Crippen LogP contribution < -0.4 is 10.6 Å². The van der Waals surface area contributed by atoms with Gasteiger partial charge in [0, 0.05) is 24.2 Å². The summed E-state index contributed by atoms with van der Waals surface area (Å²) < 4.78 is 14.1. The molecule has 1 aliphatic rings. The number of hydrogen-bond acceptors (Lipinski definition) is 6. The van der Waals surface area contributed by atoms with Gasteiger partial charge in [0.2, 0.25) is 0 Å². The number of nitrogen functional groups attached to an aromatic ring is 1. The van der Waals surface area contributed by atoms with Crippen molar-refractivity contribution in [3.8, 4) is 11.4 Å². The second-order valence-corrected chi connectivity index (χ2v) is 6.82. The molecule has 3 N–H and O–H groups in total.